The first-order valence-corrected chi connectivity index (χ1v) is 11.1. The lowest BCUT2D eigenvalue weighted by Gasteiger charge is -2.31. The normalized spacial score (nSPS) is 15.0. The fraction of sp³-hybridized carbons (Fsp3) is 0.440. The Morgan fingerprint density at radius 2 is 1.60 bits per heavy atom. The van der Waals surface area contributed by atoms with E-state index >= 15 is 0 Å². The highest BCUT2D eigenvalue weighted by Gasteiger charge is 2.22. The molecule has 5 heteroatoms. The molecule has 1 heterocycles. The van der Waals surface area contributed by atoms with Crippen molar-refractivity contribution in [1.29, 1.82) is 0 Å². The Kier molecular flexibility index (Phi) is 8.45. The Balaban J connectivity index is 1.35. The number of nitrogens with one attached hydrogen (secondary N) is 2. The third-order valence-electron chi connectivity index (χ3n) is 5.58. The van der Waals surface area contributed by atoms with Crippen molar-refractivity contribution in [3.8, 4) is 0 Å². The van der Waals surface area contributed by atoms with Crippen molar-refractivity contribution < 1.29 is 9.59 Å². The number of hydrogen-bond acceptors (Lipinski definition) is 3. The van der Waals surface area contributed by atoms with Crippen LogP contribution in [0.25, 0.3) is 0 Å². The summed E-state index contributed by atoms with van der Waals surface area (Å²) in [6.07, 6.45) is 5.67. The molecule has 3 rings (SSSR count). The van der Waals surface area contributed by atoms with Gasteiger partial charge in [-0.15, -0.1) is 0 Å². The summed E-state index contributed by atoms with van der Waals surface area (Å²) in [5.74, 6) is 0.0858. The molecule has 1 fully saturated rings. The van der Waals surface area contributed by atoms with E-state index in [0.717, 1.165) is 43.6 Å². The number of anilines is 1. The molecule has 1 aliphatic heterocycles. The number of unbranched alkanes of at least 4 members (excludes halogenated alkanes) is 1. The van der Waals surface area contributed by atoms with Crippen LogP contribution in [0.4, 0.5) is 5.69 Å². The van der Waals surface area contributed by atoms with Crippen LogP contribution in [0.2, 0.25) is 0 Å². The van der Waals surface area contributed by atoms with Gasteiger partial charge < -0.3 is 10.6 Å². The van der Waals surface area contributed by atoms with E-state index < -0.39 is 0 Å². The van der Waals surface area contributed by atoms with Crippen molar-refractivity contribution in [2.75, 3.05) is 25.0 Å². The van der Waals surface area contributed by atoms with Crippen molar-refractivity contribution in [3.63, 3.8) is 0 Å². The van der Waals surface area contributed by atoms with Crippen molar-refractivity contribution in [1.82, 2.24) is 10.2 Å². The van der Waals surface area contributed by atoms with E-state index in [1.165, 1.54) is 18.4 Å². The summed E-state index contributed by atoms with van der Waals surface area (Å²) >= 11 is 0. The SMILES string of the molecule is CCCCc1ccc(CC(=O)NC2CCN(CC(=O)Nc3ccccc3)CC2)cc1. The Morgan fingerprint density at radius 3 is 2.27 bits per heavy atom. The second-order valence-electron chi connectivity index (χ2n) is 8.13. The molecule has 0 atom stereocenters. The maximum atomic E-state index is 12.4. The first-order valence-electron chi connectivity index (χ1n) is 11.1. The van der Waals surface area contributed by atoms with Gasteiger partial charge in [0.2, 0.25) is 11.8 Å². The van der Waals surface area contributed by atoms with Crippen LogP contribution in [0.3, 0.4) is 0 Å². The van der Waals surface area contributed by atoms with Gasteiger partial charge in [-0.05, 0) is 48.9 Å². The Labute approximate surface area is 179 Å². The predicted octanol–water partition coefficient (Wildman–Crippen LogP) is 3.79. The molecule has 0 spiro atoms. The van der Waals surface area contributed by atoms with Crippen molar-refractivity contribution in [3.05, 3.63) is 65.7 Å². The van der Waals surface area contributed by atoms with Crippen LogP contribution in [0.1, 0.15) is 43.7 Å². The minimum atomic E-state index is 0.00562. The number of carbonyl (C=O) groups excluding carboxylic acids is 2. The summed E-state index contributed by atoms with van der Waals surface area (Å²) in [4.78, 5) is 26.8. The molecule has 0 unspecified atom stereocenters. The molecule has 5 nitrogen and oxygen atoms in total. The first-order chi connectivity index (χ1) is 14.6. The zero-order valence-corrected chi connectivity index (χ0v) is 17.9. The largest absolute Gasteiger partial charge is 0.353 e. The number of piperidine rings is 1. The van der Waals surface area contributed by atoms with Crippen LogP contribution in [-0.4, -0.2) is 42.4 Å². The van der Waals surface area contributed by atoms with Gasteiger partial charge >= 0.3 is 0 Å². The second kappa shape index (κ2) is 11.5. The molecular formula is C25H33N3O2. The van der Waals surface area contributed by atoms with E-state index in [2.05, 4.69) is 46.7 Å². The molecule has 0 aliphatic carbocycles. The zero-order valence-electron chi connectivity index (χ0n) is 17.9. The van der Waals surface area contributed by atoms with E-state index in [1.807, 2.05) is 30.3 Å². The third kappa shape index (κ3) is 7.30. The summed E-state index contributed by atoms with van der Waals surface area (Å²) in [6.45, 7) is 4.22. The van der Waals surface area contributed by atoms with Crippen molar-refractivity contribution >= 4 is 17.5 Å². The minimum Gasteiger partial charge on any atom is -0.353 e. The summed E-state index contributed by atoms with van der Waals surface area (Å²) in [5, 5.41) is 6.09. The molecule has 2 N–H and O–H groups in total. The van der Waals surface area contributed by atoms with Gasteiger partial charge in [-0.25, -0.2) is 0 Å². The van der Waals surface area contributed by atoms with Crippen molar-refractivity contribution in [2.24, 2.45) is 0 Å². The number of likely N-dealkylation sites (tertiary alicyclic amines) is 1. The number of hydrogen-bond donors (Lipinski definition) is 2. The second-order valence-corrected chi connectivity index (χ2v) is 8.13. The molecule has 0 radical (unpaired) electrons. The predicted molar refractivity (Wildman–Crippen MR) is 121 cm³/mol. The quantitative estimate of drug-likeness (QED) is 0.665. The van der Waals surface area contributed by atoms with Gasteiger partial charge in [-0.1, -0.05) is 55.8 Å². The minimum absolute atomic E-state index is 0.00562. The van der Waals surface area contributed by atoms with Gasteiger partial charge in [0.1, 0.15) is 0 Å². The summed E-state index contributed by atoms with van der Waals surface area (Å²) in [7, 11) is 0. The van der Waals surface area contributed by atoms with Crippen LogP contribution in [0.5, 0.6) is 0 Å². The van der Waals surface area contributed by atoms with Crippen LogP contribution in [0, 0.1) is 0 Å². The van der Waals surface area contributed by atoms with Gasteiger partial charge in [0.15, 0.2) is 0 Å². The standard InChI is InChI=1S/C25H33N3O2/c1-2-3-7-20-10-12-21(13-11-20)18-24(29)26-23-14-16-28(17-15-23)19-25(30)27-22-8-5-4-6-9-22/h4-6,8-13,23H,2-3,7,14-19H2,1H3,(H,26,29)(H,27,30). The molecule has 0 aromatic heterocycles. The molecule has 2 aromatic rings. The average Bonchev–Trinajstić information content (AvgIpc) is 2.75. The highest BCUT2D eigenvalue weighted by molar-refractivity contribution is 5.92. The summed E-state index contributed by atoms with van der Waals surface area (Å²) in [5.41, 5.74) is 3.22. The van der Waals surface area contributed by atoms with Gasteiger partial charge in [0, 0.05) is 24.8 Å². The molecule has 0 bridgehead atoms. The number of benzene rings is 2. The topological polar surface area (TPSA) is 61.4 Å². The number of nitrogens with zero attached hydrogens (tertiary/aromatic N) is 1. The number of rotatable bonds is 9. The first kappa shape index (κ1) is 22.0. The highest BCUT2D eigenvalue weighted by atomic mass is 16.2. The number of carbonyl (C=O) groups is 2. The van der Waals surface area contributed by atoms with Gasteiger partial charge in [0.25, 0.3) is 0 Å². The van der Waals surface area contributed by atoms with E-state index in [-0.39, 0.29) is 17.9 Å². The fourth-order valence-corrected chi connectivity index (χ4v) is 3.83. The lowest BCUT2D eigenvalue weighted by molar-refractivity contribution is -0.122. The molecule has 0 saturated carbocycles. The molecule has 2 amide bonds. The van der Waals surface area contributed by atoms with E-state index in [4.69, 9.17) is 0 Å². The lowest BCUT2D eigenvalue weighted by atomic mass is 10.0. The fourth-order valence-electron chi connectivity index (χ4n) is 3.83. The smallest absolute Gasteiger partial charge is 0.238 e. The van der Waals surface area contributed by atoms with Gasteiger partial charge in [-0.2, -0.15) is 0 Å². The Bertz CT molecular complexity index is 797. The number of amides is 2. The summed E-state index contributed by atoms with van der Waals surface area (Å²) < 4.78 is 0. The molecule has 1 aliphatic rings. The number of para-hydroxylation sites is 1. The zero-order chi connectivity index (χ0) is 21.2. The van der Waals surface area contributed by atoms with Crippen molar-refractivity contribution in [2.45, 2.75) is 51.5 Å². The molecule has 1 saturated heterocycles. The lowest BCUT2D eigenvalue weighted by Crippen LogP contribution is -2.46. The van der Waals surface area contributed by atoms with Crippen LogP contribution >= 0.6 is 0 Å². The maximum absolute atomic E-state index is 12.4. The van der Waals surface area contributed by atoms with E-state index in [9.17, 15) is 9.59 Å². The molecule has 30 heavy (non-hydrogen) atoms. The van der Waals surface area contributed by atoms with Crippen LogP contribution in [0.15, 0.2) is 54.6 Å². The Hall–Kier alpha value is -2.66. The van der Waals surface area contributed by atoms with Gasteiger partial charge in [0.05, 0.1) is 13.0 Å². The van der Waals surface area contributed by atoms with Gasteiger partial charge in [-0.3, -0.25) is 14.5 Å². The van der Waals surface area contributed by atoms with Crippen LogP contribution < -0.4 is 10.6 Å². The highest BCUT2D eigenvalue weighted by Crippen LogP contribution is 2.13. The Morgan fingerprint density at radius 1 is 0.933 bits per heavy atom. The third-order valence-corrected chi connectivity index (χ3v) is 5.58. The van der Waals surface area contributed by atoms with E-state index in [0.29, 0.717) is 13.0 Å². The monoisotopic (exact) mass is 407 g/mol. The average molecular weight is 408 g/mol. The molecule has 160 valence electrons. The number of aryl methyl sites for hydroxylation is 1. The molecular weight excluding hydrogens is 374 g/mol. The van der Waals surface area contributed by atoms with E-state index in [1.54, 1.807) is 0 Å². The summed E-state index contributed by atoms with van der Waals surface area (Å²) in [6, 6.07) is 18.1. The van der Waals surface area contributed by atoms with Crippen LogP contribution in [-0.2, 0) is 22.4 Å². The molecule has 2 aromatic carbocycles. The maximum Gasteiger partial charge on any atom is 0.238 e.